The van der Waals surface area contributed by atoms with Crippen LogP contribution in [-0.4, -0.2) is 40.9 Å². The fourth-order valence-corrected chi connectivity index (χ4v) is 0.986. The van der Waals surface area contributed by atoms with Crippen molar-refractivity contribution in [2.24, 2.45) is 5.73 Å². The second-order valence-electron chi connectivity index (χ2n) is 2.85. The molecule has 0 fully saturated rings. The number of amides is 2. The highest BCUT2D eigenvalue weighted by molar-refractivity contribution is 5.97. The first-order chi connectivity index (χ1) is 6.47. The third-order valence-electron chi connectivity index (χ3n) is 1.50. The number of primary amides is 1. The van der Waals surface area contributed by atoms with E-state index in [-0.39, 0.29) is 6.54 Å². The monoisotopic (exact) mass is 202 g/mol. The maximum atomic E-state index is 11.2. The van der Waals surface area contributed by atoms with Gasteiger partial charge in [-0.3, -0.25) is 14.4 Å². The maximum Gasteiger partial charge on any atom is 0.323 e. The van der Waals surface area contributed by atoms with Crippen LogP contribution in [0.2, 0.25) is 0 Å². The first-order valence-corrected chi connectivity index (χ1v) is 4.25. The number of carboxylic acids is 1. The summed E-state index contributed by atoms with van der Waals surface area (Å²) in [5, 5.41) is 8.48. The number of rotatable bonds is 6. The third-order valence-corrected chi connectivity index (χ3v) is 1.50. The number of hydrogen-bond acceptors (Lipinski definition) is 3. The van der Waals surface area contributed by atoms with Gasteiger partial charge in [-0.15, -0.1) is 0 Å². The van der Waals surface area contributed by atoms with Gasteiger partial charge in [0.2, 0.25) is 11.8 Å². The van der Waals surface area contributed by atoms with E-state index in [0.29, 0.717) is 13.0 Å². The van der Waals surface area contributed by atoms with Gasteiger partial charge in [0.1, 0.15) is 13.0 Å². The van der Waals surface area contributed by atoms with E-state index in [2.05, 4.69) is 0 Å². The zero-order valence-corrected chi connectivity index (χ0v) is 8.02. The fraction of sp³-hybridized carbons (Fsp3) is 0.625. The van der Waals surface area contributed by atoms with E-state index in [1.54, 1.807) is 0 Å². The van der Waals surface area contributed by atoms with E-state index >= 15 is 0 Å². The van der Waals surface area contributed by atoms with Gasteiger partial charge in [0.05, 0.1) is 0 Å². The molecule has 0 aliphatic heterocycles. The van der Waals surface area contributed by atoms with E-state index in [1.165, 1.54) is 0 Å². The van der Waals surface area contributed by atoms with Gasteiger partial charge >= 0.3 is 5.97 Å². The van der Waals surface area contributed by atoms with Crippen molar-refractivity contribution in [3.05, 3.63) is 0 Å². The molecule has 14 heavy (non-hydrogen) atoms. The molecule has 0 rings (SSSR count). The van der Waals surface area contributed by atoms with E-state index < -0.39 is 24.2 Å². The van der Waals surface area contributed by atoms with Gasteiger partial charge in [-0.1, -0.05) is 6.92 Å². The molecule has 0 spiro atoms. The van der Waals surface area contributed by atoms with Crippen molar-refractivity contribution in [3.63, 3.8) is 0 Å². The SMILES string of the molecule is CCCN(CC(=O)O)C(=O)CC(N)=O. The predicted octanol–water partition coefficient (Wildman–Crippen LogP) is -0.815. The van der Waals surface area contributed by atoms with Crippen LogP contribution < -0.4 is 5.73 Å². The quantitative estimate of drug-likeness (QED) is 0.550. The van der Waals surface area contributed by atoms with Gasteiger partial charge in [0.25, 0.3) is 0 Å². The van der Waals surface area contributed by atoms with Crippen molar-refractivity contribution in [3.8, 4) is 0 Å². The Labute approximate surface area is 81.7 Å². The molecular formula is C8H14N2O4. The van der Waals surface area contributed by atoms with Crippen molar-refractivity contribution in [1.29, 1.82) is 0 Å². The normalized spacial score (nSPS) is 9.50. The van der Waals surface area contributed by atoms with Gasteiger partial charge in [-0.05, 0) is 6.42 Å². The lowest BCUT2D eigenvalue weighted by molar-refractivity contribution is -0.145. The number of carboxylic acid groups (broad SMARTS) is 1. The summed E-state index contributed by atoms with van der Waals surface area (Å²) in [4.78, 5) is 33.1. The minimum Gasteiger partial charge on any atom is -0.480 e. The molecule has 0 saturated heterocycles. The largest absolute Gasteiger partial charge is 0.480 e. The summed E-state index contributed by atoms with van der Waals surface area (Å²) in [5.74, 6) is -2.39. The van der Waals surface area contributed by atoms with Crippen molar-refractivity contribution >= 4 is 17.8 Å². The number of hydrogen-bond donors (Lipinski definition) is 2. The number of nitrogens with two attached hydrogens (primary N) is 1. The summed E-state index contributed by atoms with van der Waals surface area (Å²) in [6, 6.07) is 0. The van der Waals surface area contributed by atoms with Gasteiger partial charge in [-0.25, -0.2) is 0 Å². The Kier molecular flexibility index (Phi) is 5.28. The molecule has 0 unspecified atom stereocenters. The minimum absolute atomic E-state index is 0.318. The molecule has 0 aliphatic carbocycles. The van der Waals surface area contributed by atoms with Crippen molar-refractivity contribution < 1.29 is 19.5 Å². The van der Waals surface area contributed by atoms with Crippen LogP contribution >= 0.6 is 0 Å². The Bertz CT molecular complexity index is 239. The fourth-order valence-electron chi connectivity index (χ4n) is 0.986. The first kappa shape index (κ1) is 12.4. The topological polar surface area (TPSA) is 101 Å². The lowest BCUT2D eigenvalue weighted by atomic mass is 10.3. The van der Waals surface area contributed by atoms with Crippen LogP contribution in [0.4, 0.5) is 0 Å². The van der Waals surface area contributed by atoms with E-state index in [4.69, 9.17) is 10.8 Å². The molecule has 0 bridgehead atoms. The highest BCUT2D eigenvalue weighted by atomic mass is 16.4. The predicted molar refractivity (Wildman–Crippen MR) is 48.3 cm³/mol. The standard InChI is InChI=1S/C8H14N2O4/c1-2-3-10(5-8(13)14)7(12)4-6(9)11/h2-5H2,1H3,(H2,9,11)(H,13,14). The second kappa shape index (κ2) is 5.95. The Balaban J connectivity index is 4.24. The molecule has 0 aliphatic rings. The summed E-state index contributed by atoms with van der Waals surface area (Å²) < 4.78 is 0. The summed E-state index contributed by atoms with van der Waals surface area (Å²) in [7, 11) is 0. The van der Waals surface area contributed by atoms with Gasteiger partial charge in [0, 0.05) is 6.54 Å². The van der Waals surface area contributed by atoms with Crippen LogP contribution in [0, 0.1) is 0 Å². The Morgan fingerprint density at radius 3 is 2.29 bits per heavy atom. The molecular weight excluding hydrogens is 188 g/mol. The number of aliphatic carboxylic acids is 1. The maximum absolute atomic E-state index is 11.2. The minimum atomic E-state index is -1.10. The number of carbonyl (C=O) groups is 3. The summed E-state index contributed by atoms with van der Waals surface area (Å²) in [5.41, 5.74) is 4.82. The number of nitrogens with zero attached hydrogens (tertiary/aromatic N) is 1. The molecule has 6 nitrogen and oxygen atoms in total. The van der Waals surface area contributed by atoms with Gasteiger partial charge < -0.3 is 15.7 Å². The molecule has 0 heterocycles. The van der Waals surface area contributed by atoms with E-state index in [9.17, 15) is 14.4 Å². The number of carbonyl (C=O) groups excluding carboxylic acids is 2. The molecule has 6 heteroatoms. The Morgan fingerprint density at radius 1 is 1.36 bits per heavy atom. The van der Waals surface area contributed by atoms with Crippen molar-refractivity contribution in [2.45, 2.75) is 19.8 Å². The van der Waals surface area contributed by atoms with Gasteiger partial charge in [0.15, 0.2) is 0 Å². The van der Waals surface area contributed by atoms with Crippen LogP contribution in [0.5, 0.6) is 0 Å². The van der Waals surface area contributed by atoms with Crippen LogP contribution in [0.1, 0.15) is 19.8 Å². The Hall–Kier alpha value is -1.59. The summed E-state index contributed by atoms with van der Waals surface area (Å²) >= 11 is 0. The average molecular weight is 202 g/mol. The highest BCUT2D eigenvalue weighted by Gasteiger charge is 2.17. The lowest BCUT2D eigenvalue weighted by Gasteiger charge is -2.18. The third kappa shape index (κ3) is 5.13. The highest BCUT2D eigenvalue weighted by Crippen LogP contribution is 1.96. The van der Waals surface area contributed by atoms with Crippen LogP contribution in [-0.2, 0) is 14.4 Å². The van der Waals surface area contributed by atoms with Crippen LogP contribution in [0.25, 0.3) is 0 Å². The second-order valence-corrected chi connectivity index (χ2v) is 2.85. The molecule has 3 N–H and O–H groups in total. The van der Waals surface area contributed by atoms with Gasteiger partial charge in [-0.2, -0.15) is 0 Å². The molecule has 0 aromatic rings. The lowest BCUT2D eigenvalue weighted by Crippen LogP contribution is -2.38. The molecule has 0 aromatic carbocycles. The molecule has 0 radical (unpaired) electrons. The summed E-state index contributed by atoms with van der Waals surface area (Å²) in [6.45, 7) is 1.74. The Morgan fingerprint density at radius 2 is 1.93 bits per heavy atom. The molecule has 0 saturated carbocycles. The molecule has 80 valence electrons. The zero-order chi connectivity index (χ0) is 11.1. The molecule has 0 atom stereocenters. The van der Waals surface area contributed by atoms with Crippen LogP contribution in [0.15, 0.2) is 0 Å². The molecule has 0 aromatic heterocycles. The van der Waals surface area contributed by atoms with Crippen LogP contribution in [0.3, 0.4) is 0 Å². The smallest absolute Gasteiger partial charge is 0.323 e. The average Bonchev–Trinajstić information content (AvgIpc) is 2.01. The van der Waals surface area contributed by atoms with Crippen molar-refractivity contribution in [2.75, 3.05) is 13.1 Å². The zero-order valence-electron chi connectivity index (χ0n) is 8.02. The van der Waals surface area contributed by atoms with E-state index in [1.807, 2.05) is 6.92 Å². The molecule has 2 amide bonds. The summed E-state index contributed by atoms with van der Waals surface area (Å²) in [6.07, 6.45) is 0.199. The van der Waals surface area contributed by atoms with Crippen molar-refractivity contribution in [1.82, 2.24) is 4.90 Å². The van der Waals surface area contributed by atoms with E-state index in [0.717, 1.165) is 4.90 Å². The first-order valence-electron chi connectivity index (χ1n) is 4.25.